The van der Waals surface area contributed by atoms with Gasteiger partial charge in [-0.3, -0.25) is 19.7 Å². The number of fused-ring (bicyclic) bond motifs is 1. The number of nitrogens with one attached hydrogen (secondary N) is 1. The Morgan fingerprint density at radius 1 is 1.32 bits per heavy atom. The summed E-state index contributed by atoms with van der Waals surface area (Å²) in [5.74, 6) is -1.10. The van der Waals surface area contributed by atoms with Crippen LogP contribution < -0.4 is 11.1 Å². The first kappa shape index (κ1) is 14.4. The van der Waals surface area contributed by atoms with Crippen molar-refractivity contribution in [3.05, 3.63) is 53.6 Å². The summed E-state index contributed by atoms with van der Waals surface area (Å²) >= 11 is 0. The van der Waals surface area contributed by atoms with Crippen molar-refractivity contribution in [2.45, 2.75) is 6.92 Å². The normalized spacial score (nSPS) is 11.8. The molecule has 5 heteroatoms. The number of benzene rings is 1. The highest BCUT2D eigenvalue weighted by atomic mass is 16.2. The lowest BCUT2D eigenvalue weighted by Gasteiger charge is -1.97. The molecule has 0 aromatic heterocycles. The summed E-state index contributed by atoms with van der Waals surface area (Å²) in [5, 5.41) is 2.23. The van der Waals surface area contributed by atoms with Gasteiger partial charge in [0.1, 0.15) is 0 Å². The van der Waals surface area contributed by atoms with Gasteiger partial charge in [-0.1, -0.05) is 31.4 Å². The number of primary amides is 1. The molecule has 1 heterocycles. The van der Waals surface area contributed by atoms with Gasteiger partial charge in [-0.25, -0.2) is 0 Å². The summed E-state index contributed by atoms with van der Waals surface area (Å²) in [5.41, 5.74) is 6.66. The molecule has 1 aromatic rings. The van der Waals surface area contributed by atoms with E-state index in [2.05, 4.69) is 18.5 Å². The van der Waals surface area contributed by atoms with E-state index in [9.17, 15) is 14.4 Å². The van der Waals surface area contributed by atoms with Gasteiger partial charge in [-0.15, -0.1) is 0 Å². The van der Waals surface area contributed by atoms with E-state index in [-0.39, 0.29) is 11.8 Å². The molecule has 0 fully saturated rings. The van der Waals surface area contributed by atoms with E-state index in [4.69, 9.17) is 5.73 Å². The molecule has 1 aliphatic heterocycles. The van der Waals surface area contributed by atoms with Gasteiger partial charge in [0.05, 0.1) is 11.1 Å². The van der Waals surface area contributed by atoms with Crippen LogP contribution in [0.25, 0.3) is 6.08 Å². The first-order valence-corrected chi connectivity index (χ1v) is 5.45. The zero-order valence-corrected chi connectivity index (χ0v) is 10.5. The van der Waals surface area contributed by atoms with E-state index in [0.717, 1.165) is 0 Å². The van der Waals surface area contributed by atoms with E-state index >= 15 is 0 Å². The molecule has 98 valence electrons. The average Bonchev–Trinajstić information content (AvgIpc) is 2.66. The molecule has 0 aliphatic carbocycles. The SMILES string of the molecule is C=C(C)C(N)=O.C=Cc1cccc2c1C(=O)NC2=O. The highest BCUT2D eigenvalue weighted by molar-refractivity contribution is 6.22. The van der Waals surface area contributed by atoms with Crippen molar-refractivity contribution in [3.63, 3.8) is 0 Å². The number of hydrogen-bond donors (Lipinski definition) is 2. The van der Waals surface area contributed by atoms with Gasteiger partial charge in [0.25, 0.3) is 11.8 Å². The van der Waals surface area contributed by atoms with Crippen LogP contribution in [0, 0.1) is 0 Å². The zero-order valence-electron chi connectivity index (χ0n) is 10.5. The van der Waals surface area contributed by atoms with Crippen LogP contribution in [-0.2, 0) is 4.79 Å². The maximum absolute atomic E-state index is 11.3. The van der Waals surface area contributed by atoms with E-state index < -0.39 is 5.91 Å². The Bertz CT molecular complexity index is 576. The number of hydrogen-bond acceptors (Lipinski definition) is 3. The molecule has 0 radical (unpaired) electrons. The Hall–Kier alpha value is -2.69. The summed E-state index contributed by atoms with van der Waals surface area (Å²) in [6, 6.07) is 5.11. The first-order chi connectivity index (χ1) is 8.88. The van der Waals surface area contributed by atoms with Crippen LogP contribution in [0.4, 0.5) is 0 Å². The minimum Gasteiger partial charge on any atom is -0.366 e. The summed E-state index contributed by atoms with van der Waals surface area (Å²) < 4.78 is 0. The fourth-order valence-electron chi connectivity index (χ4n) is 1.42. The van der Waals surface area contributed by atoms with Gasteiger partial charge in [-0.2, -0.15) is 0 Å². The fraction of sp³-hybridized carbons (Fsp3) is 0.0714. The third-order valence-corrected chi connectivity index (χ3v) is 2.44. The highest BCUT2D eigenvalue weighted by Crippen LogP contribution is 2.20. The molecular formula is C14H14N2O3. The smallest absolute Gasteiger partial charge is 0.259 e. The van der Waals surface area contributed by atoms with Crippen molar-refractivity contribution in [1.29, 1.82) is 0 Å². The van der Waals surface area contributed by atoms with E-state index in [1.54, 1.807) is 31.2 Å². The van der Waals surface area contributed by atoms with E-state index in [1.165, 1.54) is 0 Å². The molecule has 19 heavy (non-hydrogen) atoms. The molecule has 0 unspecified atom stereocenters. The fourth-order valence-corrected chi connectivity index (χ4v) is 1.42. The monoisotopic (exact) mass is 258 g/mol. The van der Waals surface area contributed by atoms with Gasteiger partial charge < -0.3 is 5.73 Å². The molecule has 0 spiro atoms. The topological polar surface area (TPSA) is 89.3 Å². The average molecular weight is 258 g/mol. The molecular weight excluding hydrogens is 244 g/mol. The zero-order chi connectivity index (χ0) is 14.6. The lowest BCUT2D eigenvalue weighted by Crippen LogP contribution is -2.20. The van der Waals surface area contributed by atoms with Crippen LogP contribution in [0.15, 0.2) is 36.9 Å². The molecule has 0 atom stereocenters. The van der Waals surface area contributed by atoms with Crippen molar-refractivity contribution in [3.8, 4) is 0 Å². The molecule has 1 aliphatic rings. The summed E-state index contributed by atoms with van der Waals surface area (Å²) in [4.78, 5) is 32.3. The highest BCUT2D eigenvalue weighted by Gasteiger charge is 2.27. The third kappa shape index (κ3) is 3.16. The molecule has 0 bridgehead atoms. The number of amides is 3. The second-order valence-corrected chi connectivity index (χ2v) is 3.90. The number of rotatable bonds is 2. The van der Waals surface area contributed by atoms with Crippen LogP contribution in [0.2, 0.25) is 0 Å². The van der Waals surface area contributed by atoms with Crippen molar-refractivity contribution >= 4 is 23.8 Å². The summed E-state index contributed by atoms with van der Waals surface area (Å²) in [7, 11) is 0. The molecule has 2 rings (SSSR count). The Morgan fingerprint density at radius 2 is 1.89 bits per heavy atom. The number of carbonyl (C=O) groups is 3. The molecule has 1 aromatic carbocycles. The van der Waals surface area contributed by atoms with Crippen LogP contribution in [0.5, 0.6) is 0 Å². The van der Waals surface area contributed by atoms with Gasteiger partial charge >= 0.3 is 0 Å². The standard InChI is InChI=1S/C10H7NO2.C4H7NO/c1-2-6-4-3-5-7-8(6)10(13)11-9(7)12;1-3(2)4(5)6/h2-5H,1H2,(H,11,12,13);1H2,2H3,(H2,5,6). The Morgan fingerprint density at radius 3 is 2.37 bits per heavy atom. The van der Waals surface area contributed by atoms with Gasteiger partial charge in [-0.05, 0) is 18.6 Å². The van der Waals surface area contributed by atoms with Crippen LogP contribution in [0.3, 0.4) is 0 Å². The van der Waals surface area contributed by atoms with E-state index in [1.807, 2.05) is 0 Å². The lowest BCUT2D eigenvalue weighted by atomic mass is 10.0. The summed E-state index contributed by atoms with van der Waals surface area (Å²) in [6.45, 7) is 8.43. The Balaban J connectivity index is 0.000000258. The van der Waals surface area contributed by atoms with Crippen molar-refractivity contribution in [2.75, 3.05) is 0 Å². The number of imide groups is 1. The minimum atomic E-state index is -0.435. The summed E-state index contributed by atoms with van der Waals surface area (Å²) in [6.07, 6.45) is 1.57. The molecule has 3 N–H and O–H groups in total. The van der Waals surface area contributed by atoms with Crippen molar-refractivity contribution < 1.29 is 14.4 Å². The van der Waals surface area contributed by atoms with Crippen LogP contribution in [0.1, 0.15) is 33.2 Å². The quantitative estimate of drug-likeness (QED) is 0.618. The van der Waals surface area contributed by atoms with Gasteiger partial charge in [0.15, 0.2) is 0 Å². The second-order valence-electron chi connectivity index (χ2n) is 3.90. The predicted molar refractivity (Wildman–Crippen MR) is 72.3 cm³/mol. The minimum absolute atomic E-state index is 0.330. The maximum Gasteiger partial charge on any atom is 0.259 e. The molecule has 0 saturated carbocycles. The van der Waals surface area contributed by atoms with Crippen molar-refractivity contribution in [2.24, 2.45) is 5.73 Å². The Kier molecular flexibility index (Phi) is 4.36. The Labute approximate surface area is 110 Å². The lowest BCUT2D eigenvalue weighted by molar-refractivity contribution is -0.114. The first-order valence-electron chi connectivity index (χ1n) is 5.45. The molecule has 5 nitrogen and oxygen atoms in total. The van der Waals surface area contributed by atoms with Gasteiger partial charge in [0, 0.05) is 5.57 Å². The molecule has 3 amide bonds. The molecule has 0 saturated heterocycles. The number of carbonyl (C=O) groups excluding carboxylic acids is 3. The second kappa shape index (κ2) is 5.77. The van der Waals surface area contributed by atoms with Gasteiger partial charge in [0.2, 0.25) is 5.91 Å². The largest absolute Gasteiger partial charge is 0.366 e. The van der Waals surface area contributed by atoms with Crippen LogP contribution in [-0.4, -0.2) is 17.7 Å². The number of nitrogens with two attached hydrogens (primary N) is 1. The predicted octanol–water partition coefficient (Wildman–Crippen LogP) is 1.26. The van der Waals surface area contributed by atoms with E-state index in [0.29, 0.717) is 22.3 Å². The third-order valence-electron chi connectivity index (χ3n) is 2.44. The van der Waals surface area contributed by atoms with Crippen molar-refractivity contribution in [1.82, 2.24) is 5.32 Å². The van der Waals surface area contributed by atoms with Crippen LogP contribution >= 0.6 is 0 Å². The maximum atomic E-state index is 11.3.